The molecule has 0 aromatic heterocycles. The van der Waals surface area contributed by atoms with E-state index in [-0.39, 0.29) is 11.9 Å². The molecule has 0 heterocycles. The Bertz CT molecular complexity index is 317. The number of hydrogen-bond acceptors (Lipinski definition) is 4. The topological polar surface area (TPSA) is 52.6 Å². The van der Waals surface area contributed by atoms with E-state index in [2.05, 4.69) is 6.92 Å². The number of esters is 2. The van der Waals surface area contributed by atoms with Gasteiger partial charge in [0, 0.05) is 0 Å². The lowest BCUT2D eigenvalue weighted by Crippen LogP contribution is -2.34. The quantitative estimate of drug-likeness (QED) is 0.475. The Morgan fingerprint density at radius 1 is 1.00 bits per heavy atom. The third-order valence-electron chi connectivity index (χ3n) is 3.34. The van der Waals surface area contributed by atoms with Crippen molar-refractivity contribution in [3.05, 3.63) is 0 Å². The van der Waals surface area contributed by atoms with Gasteiger partial charge in [-0.2, -0.15) is 0 Å². The van der Waals surface area contributed by atoms with Gasteiger partial charge in [-0.25, -0.2) is 0 Å². The second-order valence-electron chi connectivity index (χ2n) is 6.53. The summed E-state index contributed by atoms with van der Waals surface area (Å²) >= 11 is 0. The summed E-state index contributed by atoms with van der Waals surface area (Å²) in [7, 11) is 0. The lowest BCUT2D eigenvalue weighted by molar-refractivity contribution is -0.167. The molecule has 2 atom stereocenters. The maximum atomic E-state index is 12.2. The molecule has 4 heteroatoms. The maximum absolute atomic E-state index is 12.2. The van der Waals surface area contributed by atoms with Crippen molar-refractivity contribution < 1.29 is 19.1 Å². The van der Waals surface area contributed by atoms with Gasteiger partial charge in [0.1, 0.15) is 5.60 Å². The Morgan fingerprint density at radius 2 is 1.62 bits per heavy atom. The first-order valence-corrected chi connectivity index (χ1v) is 8.12. The van der Waals surface area contributed by atoms with Crippen LogP contribution in [0.1, 0.15) is 73.6 Å². The van der Waals surface area contributed by atoms with Crippen LogP contribution in [0.2, 0.25) is 0 Å². The predicted octanol–water partition coefficient (Wildman–Crippen LogP) is 4.11. The van der Waals surface area contributed by atoms with Gasteiger partial charge in [0.2, 0.25) is 0 Å². The van der Waals surface area contributed by atoms with Crippen molar-refractivity contribution in [2.45, 2.75) is 79.2 Å². The lowest BCUT2D eigenvalue weighted by atomic mass is 9.88. The molecule has 0 fully saturated rings. The summed E-state index contributed by atoms with van der Waals surface area (Å²) in [6.45, 7) is 11.5. The minimum Gasteiger partial charge on any atom is -0.466 e. The van der Waals surface area contributed by atoms with E-state index in [1.165, 1.54) is 0 Å². The zero-order chi connectivity index (χ0) is 16.5. The molecule has 4 nitrogen and oxygen atoms in total. The minimum absolute atomic E-state index is 0.285. The molecular formula is C17H32O4. The molecule has 0 saturated carbocycles. The average Bonchev–Trinajstić information content (AvgIpc) is 2.36. The van der Waals surface area contributed by atoms with E-state index >= 15 is 0 Å². The van der Waals surface area contributed by atoms with Crippen LogP contribution in [0.3, 0.4) is 0 Å². The van der Waals surface area contributed by atoms with E-state index < -0.39 is 17.4 Å². The molecule has 0 bridgehead atoms. The van der Waals surface area contributed by atoms with Crippen LogP contribution in [0.4, 0.5) is 0 Å². The molecule has 2 unspecified atom stereocenters. The summed E-state index contributed by atoms with van der Waals surface area (Å²) in [5, 5.41) is 0. The first-order chi connectivity index (χ1) is 9.72. The van der Waals surface area contributed by atoms with Crippen LogP contribution in [-0.4, -0.2) is 24.1 Å². The van der Waals surface area contributed by atoms with Crippen LogP contribution < -0.4 is 0 Å². The van der Waals surface area contributed by atoms with Crippen LogP contribution in [0.5, 0.6) is 0 Å². The molecule has 0 aliphatic heterocycles. The maximum Gasteiger partial charge on any atom is 0.310 e. The number of ether oxygens (including phenoxy) is 2. The summed E-state index contributed by atoms with van der Waals surface area (Å²) in [6.07, 6.45) is 4.99. The molecule has 0 aromatic rings. The zero-order valence-electron chi connectivity index (χ0n) is 14.5. The predicted molar refractivity (Wildman–Crippen MR) is 83.9 cm³/mol. The van der Waals surface area contributed by atoms with Crippen LogP contribution >= 0.6 is 0 Å². The Labute approximate surface area is 129 Å². The van der Waals surface area contributed by atoms with Gasteiger partial charge in [-0.3, -0.25) is 9.59 Å². The van der Waals surface area contributed by atoms with E-state index in [9.17, 15) is 9.59 Å². The lowest BCUT2D eigenvalue weighted by Gasteiger charge is -2.26. The van der Waals surface area contributed by atoms with Crippen LogP contribution in [-0.2, 0) is 19.1 Å². The van der Waals surface area contributed by atoms with Gasteiger partial charge in [-0.15, -0.1) is 0 Å². The molecular weight excluding hydrogens is 268 g/mol. The number of carbonyl (C=O) groups excluding carboxylic acids is 2. The summed E-state index contributed by atoms with van der Waals surface area (Å²) in [5.74, 6) is -1.48. The van der Waals surface area contributed by atoms with Gasteiger partial charge in [-0.1, -0.05) is 39.5 Å². The van der Waals surface area contributed by atoms with Crippen molar-refractivity contribution in [3.8, 4) is 0 Å². The summed E-state index contributed by atoms with van der Waals surface area (Å²) in [4.78, 5) is 24.3. The average molecular weight is 300 g/mol. The van der Waals surface area contributed by atoms with E-state index in [4.69, 9.17) is 9.47 Å². The van der Waals surface area contributed by atoms with Crippen molar-refractivity contribution in [3.63, 3.8) is 0 Å². The van der Waals surface area contributed by atoms with Crippen molar-refractivity contribution in [1.29, 1.82) is 0 Å². The smallest absolute Gasteiger partial charge is 0.310 e. The van der Waals surface area contributed by atoms with Gasteiger partial charge < -0.3 is 9.47 Å². The summed E-state index contributed by atoms with van der Waals surface area (Å²) < 4.78 is 10.5. The summed E-state index contributed by atoms with van der Waals surface area (Å²) in [6, 6.07) is 0. The normalized spacial score (nSPS) is 14.4. The van der Waals surface area contributed by atoms with Gasteiger partial charge in [-0.05, 0) is 34.1 Å². The minimum atomic E-state index is -0.535. The van der Waals surface area contributed by atoms with Gasteiger partial charge in [0.25, 0.3) is 0 Å². The molecule has 0 N–H and O–H groups in total. The van der Waals surface area contributed by atoms with Crippen LogP contribution in [0.25, 0.3) is 0 Å². The molecule has 21 heavy (non-hydrogen) atoms. The monoisotopic (exact) mass is 300 g/mol. The van der Waals surface area contributed by atoms with E-state index in [1.807, 2.05) is 20.8 Å². The Balaban J connectivity index is 4.68. The molecule has 0 saturated heterocycles. The number of rotatable bonds is 9. The second-order valence-corrected chi connectivity index (χ2v) is 6.53. The van der Waals surface area contributed by atoms with E-state index in [0.29, 0.717) is 13.0 Å². The Kier molecular flexibility index (Phi) is 9.31. The molecule has 124 valence electrons. The first kappa shape index (κ1) is 19.9. The molecule has 0 rings (SSSR count). The second kappa shape index (κ2) is 9.80. The molecule has 0 aliphatic carbocycles. The highest BCUT2D eigenvalue weighted by molar-refractivity contribution is 5.82. The van der Waals surface area contributed by atoms with Gasteiger partial charge in [0.05, 0.1) is 18.4 Å². The van der Waals surface area contributed by atoms with E-state index in [1.54, 1.807) is 13.8 Å². The largest absolute Gasteiger partial charge is 0.466 e. The summed E-state index contributed by atoms with van der Waals surface area (Å²) in [5.41, 5.74) is -0.535. The van der Waals surface area contributed by atoms with Crippen LogP contribution in [0, 0.1) is 11.8 Å². The fourth-order valence-electron chi connectivity index (χ4n) is 2.17. The van der Waals surface area contributed by atoms with Gasteiger partial charge in [0.15, 0.2) is 0 Å². The number of carbonyl (C=O) groups is 2. The highest BCUT2D eigenvalue weighted by Crippen LogP contribution is 2.24. The third-order valence-corrected chi connectivity index (χ3v) is 3.34. The van der Waals surface area contributed by atoms with E-state index in [0.717, 1.165) is 25.7 Å². The molecule has 0 amide bonds. The van der Waals surface area contributed by atoms with Crippen molar-refractivity contribution in [1.82, 2.24) is 0 Å². The Hall–Kier alpha value is -1.06. The fourth-order valence-corrected chi connectivity index (χ4v) is 2.17. The highest BCUT2D eigenvalue weighted by Gasteiger charge is 2.33. The number of hydrogen-bond donors (Lipinski definition) is 0. The van der Waals surface area contributed by atoms with Crippen molar-refractivity contribution >= 4 is 11.9 Å². The fraction of sp³-hybridized carbons (Fsp3) is 0.882. The van der Waals surface area contributed by atoms with Crippen LogP contribution in [0.15, 0.2) is 0 Å². The zero-order valence-corrected chi connectivity index (χ0v) is 14.5. The van der Waals surface area contributed by atoms with Gasteiger partial charge >= 0.3 is 11.9 Å². The highest BCUT2D eigenvalue weighted by atomic mass is 16.6. The van der Waals surface area contributed by atoms with Crippen molar-refractivity contribution in [2.75, 3.05) is 6.61 Å². The SMILES string of the molecule is CCCCCCC(C(=O)OCC)C(C)C(=O)OC(C)(C)C. The third kappa shape index (κ3) is 8.74. The molecule has 0 radical (unpaired) electrons. The molecule has 0 aliphatic rings. The Morgan fingerprint density at radius 3 is 2.10 bits per heavy atom. The standard InChI is InChI=1S/C17H32O4/c1-7-9-10-11-12-14(16(19)20-8-2)13(3)15(18)21-17(4,5)6/h13-14H,7-12H2,1-6H3. The first-order valence-electron chi connectivity index (χ1n) is 8.12. The van der Waals surface area contributed by atoms with Crippen molar-refractivity contribution in [2.24, 2.45) is 11.8 Å². The number of unbranched alkanes of at least 4 members (excludes halogenated alkanes) is 3. The molecule has 0 aromatic carbocycles. The molecule has 0 spiro atoms.